The Morgan fingerprint density at radius 2 is 1.49 bits per heavy atom. The van der Waals surface area contributed by atoms with E-state index in [-0.39, 0.29) is 19.0 Å². The third kappa shape index (κ3) is 5.24. The number of allylic oxidation sites excluding steroid dienone is 1. The maximum atomic E-state index is 12.9. The van der Waals surface area contributed by atoms with Crippen molar-refractivity contribution in [2.75, 3.05) is 6.61 Å². The van der Waals surface area contributed by atoms with Crippen LogP contribution in [0.3, 0.4) is 0 Å². The minimum Gasteiger partial charge on any atom is -0.494 e. The highest BCUT2D eigenvalue weighted by Gasteiger charge is 2.13. The van der Waals surface area contributed by atoms with Crippen molar-refractivity contribution in [1.29, 1.82) is 0 Å². The second-order valence-corrected chi connectivity index (χ2v) is 8.04. The van der Waals surface area contributed by atoms with Crippen LogP contribution in [0.4, 0.5) is 0 Å². The van der Waals surface area contributed by atoms with Crippen molar-refractivity contribution in [3.05, 3.63) is 123 Å². The summed E-state index contributed by atoms with van der Waals surface area (Å²) in [7, 11) is 0. The standard InChI is InChI=1S/C28H27N3O4/c1-3-17-30-24-7-5-6-8-25(24)31(28(34)27(30)33)19-21-9-13-22(14-10-21)26(32)29-18-20-11-15-23(16-12-20)35-4-2/h3,5-16H,1,4,17-19H2,2H3,(H,29,32). The van der Waals surface area contributed by atoms with Gasteiger partial charge in [0.15, 0.2) is 0 Å². The summed E-state index contributed by atoms with van der Waals surface area (Å²) >= 11 is 0. The number of hydrogen-bond acceptors (Lipinski definition) is 4. The molecule has 0 bridgehead atoms. The summed E-state index contributed by atoms with van der Waals surface area (Å²) in [5, 5.41) is 2.91. The predicted molar refractivity (Wildman–Crippen MR) is 137 cm³/mol. The molecule has 0 aliphatic carbocycles. The number of carbonyl (C=O) groups excluding carboxylic acids is 1. The number of rotatable bonds is 9. The molecule has 3 aromatic carbocycles. The molecule has 1 amide bonds. The van der Waals surface area contributed by atoms with Crippen LogP contribution in [0.15, 0.2) is 95.0 Å². The van der Waals surface area contributed by atoms with Crippen molar-refractivity contribution >= 4 is 16.9 Å². The number of benzene rings is 3. The number of nitrogens with one attached hydrogen (secondary N) is 1. The summed E-state index contributed by atoms with van der Waals surface area (Å²) in [4.78, 5) is 38.1. The molecule has 7 heteroatoms. The van der Waals surface area contributed by atoms with Crippen molar-refractivity contribution in [2.24, 2.45) is 0 Å². The van der Waals surface area contributed by atoms with Crippen LogP contribution >= 0.6 is 0 Å². The average molecular weight is 470 g/mol. The van der Waals surface area contributed by atoms with Gasteiger partial charge in [-0.25, -0.2) is 0 Å². The van der Waals surface area contributed by atoms with Crippen LogP contribution in [-0.4, -0.2) is 21.6 Å². The number of fused-ring (bicyclic) bond motifs is 1. The van der Waals surface area contributed by atoms with Crippen LogP contribution in [0.5, 0.6) is 5.75 Å². The molecule has 0 unspecified atom stereocenters. The van der Waals surface area contributed by atoms with Gasteiger partial charge in [0.1, 0.15) is 5.75 Å². The molecular weight excluding hydrogens is 442 g/mol. The summed E-state index contributed by atoms with van der Waals surface area (Å²) in [5.41, 5.74) is 2.44. The maximum Gasteiger partial charge on any atom is 0.317 e. The van der Waals surface area contributed by atoms with Crippen LogP contribution in [0.25, 0.3) is 11.0 Å². The van der Waals surface area contributed by atoms with Gasteiger partial charge in [-0.1, -0.05) is 42.5 Å². The van der Waals surface area contributed by atoms with Gasteiger partial charge < -0.3 is 10.1 Å². The maximum absolute atomic E-state index is 12.9. The van der Waals surface area contributed by atoms with Crippen LogP contribution < -0.4 is 21.2 Å². The molecule has 0 aliphatic rings. The Hall–Kier alpha value is -4.39. The van der Waals surface area contributed by atoms with Gasteiger partial charge in [-0.2, -0.15) is 0 Å². The van der Waals surface area contributed by atoms with Gasteiger partial charge in [-0.05, 0) is 54.4 Å². The first-order valence-electron chi connectivity index (χ1n) is 11.4. The molecule has 0 radical (unpaired) electrons. The van der Waals surface area contributed by atoms with E-state index >= 15 is 0 Å². The Morgan fingerprint density at radius 3 is 2.11 bits per heavy atom. The lowest BCUT2D eigenvalue weighted by atomic mass is 10.1. The summed E-state index contributed by atoms with van der Waals surface area (Å²) in [5.74, 6) is 0.600. The van der Waals surface area contributed by atoms with Gasteiger partial charge in [0.05, 0.1) is 24.2 Å². The Bertz CT molecular complexity index is 1470. The Morgan fingerprint density at radius 1 is 0.886 bits per heavy atom. The van der Waals surface area contributed by atoms with E-state index in [2.05, 4.69) is 11.9 Å². The minimum atomic E-state index is -0.595. The average Bonchev–Trinajstić information content (AvgIpc) is 2.89. The zero-order valence-electron chi connectivity index (χ0n) is 19.6. The first-order chi connectivity index (χ1) is 17.0. The van der Waals surface area contributed by atoms with Gasteiger partial charge in [-0.3, -0.25) is 23.5 Å². The van der Waals surface area contributed by atoms with Crippen molar-refractivity contribution in [3.63, 3.8) is 0 Å². The second-order valence-electron chi connectivity index (χ2n) is 8.04. The third-order valence-electron chi connectivity index (χ3n) is 5.69. The highest BCUT2D eigenvalue weighted by molar-refractivity contribution is 5.94. The summed E-state index contributed by atoms with van der Waals surface area (Å²) < 4.78 is 8.33. The van der Waals surface area contributed by atoms with E-state index in [1.54, 1.807) is 30.3 Å². The van der Waals surface area contributed by atoms with E-state index < -0.39 is 11.1 Å². The first-order valence-corrected chi connectivity index (χ1v) is 11.4. The topological polar surface area (TPSA) is 82.3 Å². The smallest absolute Gasteiger partial charge is 0.317 e. The summed E-state index contributed by atoms with van der Waals surface area (Å²) in [6.07, 6.45) is 1.59. The zero-order valence-corrected chi connectivity index (χ0v) is 19.6. The SMILES string of the molecule is C=CCn1c(=O)c(=O)n(Cc2ccc(C(=O)NCc3ccc(OCC)cc3)cc2)c2ccccc21. The number of carbonyl (C=O) groups is 1. The quantitative estimate of drug-likeness (QED) is 0.299. The van der Waals surface area contributed by atoms with Gasteiger partial charge in [0.25, 0.3) is 5.91 Å². The number of ether oxygens (including phenoxy) is 1. The van der Waals surface area contributed by atoms with Crippen LogP contribution in [-0.2, 0) is 19.6 Å². The number of aromatic nitrogens is 2. The predicted octanol–water partition coefficient (Wildman–Crippen LogP) is 3.73. The first kappa shape index (κ1) is 23.8. The Kier molecular flexibility index (Phi) is 7.26. The molecule has 4 rings (SSSR count). The lowest BCUT2D eigenvalue weighted by molar-refractivity contribution is 0.0951. The molecule has 1 aromatic heterocycles. The van der Waals surface area contributed by atoms with E-state index in [1.165, 1.54) is 9.13 Å². The molecule has 7 nitrogen and oxygen atoms in total. The lowest BCUT2D eigenvalue weighted by Crippen LogP contribution is -2.41. The monoisotopic (exact) mass is 469 g/mol. The third-order valence-corrected chi connectivity index (χ3v) is 5.69. The summed E-state index contributed by atoms with van der Waals surface area (Å²) in [6.45, 7) is 7.09. The molecule has 178 valence electrons. The van der Waals surface area contributed by atoms with Crippen LogP contribution in [0.2, 0.25) is 0 Å². The Labute approximate surface area is 202 Å². The minimum absolute atomic E-state index is 0.194. The number of hydrogen-bond donors (Lipinski definition) is 1. The normalized spacial score (nSPS) is 10.8. The van der Waals surface area contributed by atoms with E-state index in [1.807, 2.05) is 55.5 Å². The van der Waals surface area contributed by atoms with E-state index in [4.69, 9.17) is 4.74 Å². The molecule has 35 heavy (non-hydrogen) atoms. The van der Waals surface area contributed by atoms with Gasteiger partial charge in [0, 0.05) is 18.7 Å². The van der Waals surface area contributed by atoms with Gasteiger partial charge >= 0.3 is 11.1 Å². The highest BCUT2D eigenvalue weighted by atomic mass is 16.5. The largest absolute Gasteiger partial charge is 0.494 e. The number of nitrogens with zero attached hydrogens (tertiary/aromatic N) is 2. The fraction of sp³-hybridized carbons (Fsp3) is 0.179. The van der Waals surface area contributed by atoms with E-state index in [0.29, 0.717) is 29.7 Å². The van der Waals surface area contributed by atoms with Gasteiger partial charge in [0.2, 0.25) is 0 Å². The molecule has 0 fully saturated rings. The summed E-state index contributed by atoms with van der Waals surface area (Å²) in [6, 6.07) is 21.9. The van der Waals surface area contributed by atoms with Crippen molar-refractivity contribution in [3.8, 4) is 5.75 Å². The number of para-hydroxylation sites is 2. The second kappa shape index (κ2) is 10.7. The molecule has 0 spiro atoms. The molecule has 0 saturated heterocycles. The zero-order chi connectivity index (χ0) is 24.8. The molecule has 0 saturated carbocycles. The van der Waals surface area contributed by atoms with Crippen molar-refractivity contribution in [1.82, 2.24) is 14.5 Å². The van der Waals surface area contributed by atoms with Crippen LogP contribution in [0.1, 0.15) is 28.4 Å². The van der Waals surface area contributed by atoms with E-state index in [9.17, 15) is 14.4 Å². The van der Waals surface area contributed by atoms with E-state index in [0.717, 1.165) is 16.9 Å². The highest BCUT2D eigenvalue weighted by Crippen LogP contribution is 2.14. The van der Waals surface area contributed by atoms with Crippen LogP contribution in [0, 0.1) is 0 Å². The molecule has 4 aromatic rings. The molecular formula is C28H27N3O4. The molecule has 1 N–H and O–H groups in total. The molecule has 0 aliphatic heterocycles. The Balaban J connectivity index is 1.50. The van der Waals surface area contributed by atoms with Crippen molar-refractivity contribution < 1.29 is 9.53 Å². The fourth-order valence-electron chi connectivity index (χ4n) is 3.94. The van der Waals surface area contributed by atoms with Crippen molar-refractivity contribution in [2.45, 2.75) is 26.6 Å². The lowest BCUT2D eigenvalue weighted by Gasteiger charge is -2.14. The fourth-order valence-corrected chi connectivity index (χ4v) is 3.94. The molecule has 0 atom stereocenters. The number of amides is 1. The molecule has 1 heterocycles. The van der Waals surface area contributed by atoms with Gasteiger partial charge in [-0.15, -0.1) is 6.58 Å².